The van der Waals surface area contributed by atoms with Crippen LogP contribution in [-0.2, 0) is 6.61 Å². The molecule has 0 amide bonds. The molecule has 1 aromatic rings. The van der Waals surface area contributed by atoms with E-state index in [-0.39, 0.29) is 12.7 Å². The number of allylic oxidation sites excluding steroid dienone is 1. The van der Waals surface area contributed by atoms with Crippen molar-refractivity contribution in [2.24, 2.45) is 0 Å². The third-order valence-corrected chi connectivity index (χ3v) is 2.94. The summed E-state index contributed by atoms with van der Waals surface area (Å²) in [6.07, 6.45) is 7.86. The van der Waals surface area contributed by atoms with Gasteiger partial charge in [0.05, 0.1) is 6.61 Å². The van der Waals surface area contributed by atoms with Crippen molar-refractivity contribution in [1.29, 1.82) is 0 Å². The summed E-state index contributed by atoms with van der Waals surface area (Å²) in [4.78, 5) is 0. The van der Waals surface area contributed by atoms with Gasteiger partial charge in [-0.05, 0) is 37.8 Å². The van der Waals surface area contributed by atoms with E-state index in [0.717, 1.165) is 29.7 Å². The monoisotopic (exact) mass is 218 g/mol. The van der Waals surface area contributed by atoms with Gasteiger partial charge in [-0.15, -0.1) is 0 Å². The molecule has 1 unspecified atom stereocenters. The van der Waals surface area contributed by atoms with Gasteiger partial charge in [-0.25, -0.2) is 0 Å². The van der Waals surface area contributed by atoms with E-state index in [9.17, 15) is 5.11 Å². The Morgan fingerprint density at radius 1 is 1.44 bits per heavy atom. The summed E-state index contributed by atoms with van der Waals surface area (Å²) in [7, 11) is 0. The van der Waals surface area contributed by atoms with Crippen molar-refractivity contribution in [2.45, 2.75) is 38.9 Å². The molecule has 0 saturated carbocycles. The molecule has 0 heterocycles. The number of aliphatic hydroxyl groups excluding tert-OH is 1. The lowest BCUT2D eigenvalue weighted by molar-refractivity contribution is 0.215. The average Bonchev–Trinajstić information content (AvgIpc) is 2.33. The Kier molecular flexibility index (Phi) is 3.62. The first-order valence-electron chi connectivity index (χ1n) is 5.84. The van der Waals surface area contributed by atoms with Gasteiger partial charge in [-0.3, -0.25) is 0 Å². The Labute approximate surface area is 96.6 Å². The van der Waals surface area contributed by atoms with E-state index < -0.39 is 0 Å². The Hall–Kier alpha value is -1.28. The van der Waals surface area contributed by atoms with Crippen molar-refractivity contribution in [3.05, 3.63) is 41.5 Å². The molecule has 86 valence electrons. The Morgan fingerprint density at radius 3 is 3.00 bits per heavy atom. The third kappa shape index (κ3) is 2.45. The highest BCUT2D eigenvalue weighted by molar-refractivity contribution is 5.40. The molecule has 0 bridgehead atoms. The molecule has 16 heavy (non-hydrogen) atoms. The lowest BCUT2D eigenvalue weighted by atomic mass is 10.0. The van der Waals surface area contributed by atoms with Crippen LogP contribution in [0, 0.1) is 6.92 Å². The molecule has 1 N–H and O–H groups in total. The van der Waals surface area contributed by atoms with Gasteiger partial charge in [0.2, 0.25) is 0 Å². The molecule has 2 rings (SSSR count). The third-order valence-electron chi connectivity index (χ3n) is 2.94. The topological polar surface area (TPSA) is 29.5 Å². The van der Waals surface area contributed by atoms with Crippen LogP contribution >= 0.6 is 0 Å². The molecule has 0 spiro atoms. The van der Waals surface area contributed by atoms with Crippen molar-refractivity contribution in [2.75, 3.05) is 0 Å². The van der Waals surface area contributed by atoms with Crippen LogP contribution in [0.25, 0.3) is 0 Å². The quantitative estimate of drug-likeness (QED) is 0.790. The summed E-state index contributed by atoms with van der Waals surface area (Å²) >= 11 is 0. The molecular formula is C14H18O2. The molecule has 1 aromatic carbocycles. The molecule has 1 aliphatic rings. The predicted octanol–water partition coefficient (Wildman–Crippen LogP) is 2.97. The first-order valence-corrected chi connectivity index (χ1v) is 5.84. The first kappa shape index (κ1) is 11.2. The van der Waals surface area contributed by atoms with Crippen LogP contribution in [0.4, 0.5) is 0 Å². The van der Waals surface area contributed by atoms with Crippen molar-refractivity contribution in [3.8, 4) is 5.75 Å². The van der Waals surface area contributed by atoms with Crippen molar-refractivity contribution >= 4 is 0 Å². The van der Waals surface area contributed by atoms with E-state index in [1.807, 2.05) is 25.1 Å². The zero-order valence-corrected chi connectivity index (χ0v) is 9.65. The summed E-state index contributed by atoms with van der Waals surface area (Å²) in [5.41, 5.74) is 1.96. The van der Waals surface area contributed by atoms with E-state index in [0.29, 0.717) is 0 Å². The number of rotatable bonds is 3. The smallest absolute Gasteiger partial charge is 0.128 e. The van der Waals surface area contributed by atoms with Crippen molar-refractivity contribution < 1.29 is 9.84 Å². The standard InChI is InChI=1S/C14H18O2/c1-11-6-5-7-12(10-15)14(11)16-13-8-3-2-4-9-13/h3,5-8,13,15H,2,4,9-10H2,1H3. The highest BCUT2D eigenvalue weighted by Gasteiger charge is 2.13. The zero-order valence-electron chi connectivity index (χ0n) is 9.65. The number of aliphatic hydroxyl groups is 1. The van der Waals surface area contributed by atoms with Crippen LogP contribution in [-0.4, -0.2) is 11.2 Å². The van der Waals surface area contributed by atoms with Crippen LogP contribution < -0.4 is 4.74 Å². The zero-order chi connectivity index (χ0) is 11.4. The molecule has 0 saturated heterocycles. The van der Waals surface area contributed by atoms with Gasteiger partial charge < -0.3 is 9.84 Å². The van der Waals surface area contributed by atoms with E-state index in [2.05, 4.69) is 12.2 Å². The summed E-state index contributed by atoms with van der Waals surface area (Å²) in [6, 6.07) is 5.88. The Balaban J connectivity index is 2.19. The molecule has 0 aliphatic heterocycles. The summed E-state index contributed by atoms with van der Waals surface area (Å²) < 4.78 is 5.96. The summed E-state index contributed by atoms with van der Waals surface area (Å²) in [5.74, 6) is 0.849. The average molecular weight is 218 g/mol. The van der Waals surface area contributed by atoms with Gasteiger partial charge >= 0.3 is 0 Å². The minimum atomic E-state index is 0.0352. The number of ether oxygens (including phenoxy) is 1. The Morgan fingerprint density at radius 2 is 2.31 bits per heavy atom. The maximum Gasteiger partial charge on any atom is 0.128 e. The fourth-order valence-corrected chi connectivity index (χ4v) is 2.04. The van der Waals surface area contributed by atoms with E-state index in [1.165, 1.54) is 6.42 Å². The van der Waals surface area contributed by atoms with Crippen LogP contribution in [0.3, 0.4) is 0 Å². The van der Waals surface area contributed by atoms with Gasteiger partial charge in [0, 0.05) is 5.56 Å². The molecule has 1 aliphatic carbocycles. The van der Waals surface area contributed by atoms with Crippen molar-refractivity contribution in [1.82, 2.24) is 0 Å². The van der Waals surface area contributed by atoms with Gasteiger partial charge in [0.15, 0.2) is 0 Å². The summed E-state index contributed by atoms with van der Waals surface area (Å²) in [5, 5.41) is 9.27. The predicted molar refractivity (Wildman–Crippen MR) is 64.5 cm³/mol. The molecule has 2 nitrogen and oxygen atoms in total. The molecule has 0 radical (unpaired) electrons. The van der Waals surface area contributed by atoms with Crippen LogP contribution in [0.1, 0.15) is 30.4 Å². The highest BCUT2D eigenvalue weighted by atomic mass is 16.5. The maximum absolute atomic E-state index is 9.27. The van der Waals surface area contributed by atoms with Gasteiger partial charge in [-0.1, -0.05) is 24.3 Å². The van der Waals surface area contributed by atoms with Crippen molar-refractivity contribution in [3.63, 3.8) is 0 Å². The van der Waals surface area contributed by atoms with E-state index >= 15 is 0 Å². The molecule has 1 atom stereocenters. The van der Waals surface area contributed by atoms with Gasteiger partial charge in [-0.2, -0.15) is 0 Å². The van der Waals surface area contributed by atoms with Gasteiger partial charge in [0.25, 0.3) is 0 Å². The van der Waals surface area contributed by atoms with Crippen LogP contribution in [0.15, 0.2) is 30.4 Å². The fourth-order valence-electron chi connectivity index (χ4n) is 2.04. The lowest BCUT2D eigenvalue weighted by Gasteiger charge is -2.21. The summed E-state index contributed by atoms with van der Waals surface area (Å²) in [6.45, 7) is 2.05. The number of hydrogen-bond donors (Lipinski definition) is 1. The Bertz CT molecular complexity index is 382. The fraction of sp³-hybridized carbons (Fsp3) is 0.429. The van der Waals surface area contributed by atoms with Crippen LogP contribution in [0.2, 0.25) is 0 Å². The molecule has 0 aromatic heterocycles. The normalized spacial score (nSPS) is 19.8. The largest absolute Gasteiger partial charge is 0.486 e. The molecule has 2 heteroatoms. The van der Waals surface area contributed by atoms with Gasteiger partial charge in [0.1, 0.15) is 11.9 Å². The minimum absolute atomic E-state index is 0.0352. The SMILES string of the molecule is Cc1cccc(CO)c1OC1C=CCCC1. The number of benzene rings is 1. The number of aryl methyl sites for hydroxylation is 1. The molecular weight excluding hydrogens is 200 g/mol. The minimum Gasteiger partial charge on any atom is -0.486 e. The number of hydrogen-bond acceptors (Lipinski definition) is 2. The highest BCUT2D eigenvalue weighted by Crippen LogP contribution is 2.26. The number of para-hydroxylation sites is 1. The second-order valence-electron chi connectivity index (χ2n) is 4.24. The van der Waals surface area contributed by atoms with E-state index in [4.69, 9.17) is 4.74 Å². The maximum atomic E-state index is 9.27. The van der Waals surface area contributed by atoms with Crippen LogP contribution in [0.5, 0.6) is 5.75 Å². The van der Waals surface area contributed by atoms with E-state index in [1.54, 1.807) is 0 Å². The second kappa shape index (κ2) is 5.17. The second-order valence-corrected chi connectivity index (χ2v) is 4.24. The first-order chi connectivity index (χ1) is 7.81. The lowest BCUT2D eigenvalue weighted by Crippen LogP contribution is -2.17. The molecule has 0 fully saturated rings.